The smallest absolute Gasteiger partial charge is 0.241 e. The third-order valence-corrected chi connectivity index (χ3v) is 5.95. The fourth-order valence-corrected chi connectivity index (χ4v) is 4.58. The third-order valence-electron chi connectivity index (χ3n) is 4.59. The number of nitrogens with one attached hydrogen (secondary N) is 1. The molecule has 1 amide bonds. The topological polar surface area (TPSA) is 66.5 Å². The van der Waals surface area contributed by atoms with Gasteiger partial charge in [-0.15, -0.1) is 0 Å². The zero-order valence-electron chi connectivity index (χ0n) is 15.0. The number of benzene rings is 2. The molecular weight excluding hydrogens is 367 g/mol. The maximum atomic E-state index is 13.0. The maximum absolute atomic E-state index is 13.0. The zero-order valence-corrected chi connectivity index (χ0v) is 15.8. The van der Waals surface area contributed by atoms with Crippen LogP contribution < -0.4 is 4.72 Å². The molecule has 2 aromatic rings. The van der Waals surface area contributed by atoms with Crippen LogP contribution in [0.2, 0.25) is 0 Å². The molecule has 0 spiro atoms. The van der Waals surface area contributed by atoms with Crippen LogP contribution in [0.3, 0.4) is 0 Å². The molecule has 27 heavy (non-hydrogen) atoms. The summed E-state index contributed by atoms with van der Waals surface area (Å²) in [5.41, 5.74) is 1.36. The van der Waals surface area contributed by atoms with Crippen LogP contribution in [0.25, 0.3) is 0 Å². The van der Waals surface area contributed by atoms with Gasteiger partial charge in [0.05, 0.1) is 5.75 Å². The summed E-state index contributed by atoms with van der Waals surface area (Å²) in [6.07, 6.45) is 2.16. The average molecular weight is 390 g/mol. The Balaban J connectivity index is 1.76. The summed E-state index contributed by atoms with van der Waals surface area (Å²) < 4.78 is 40.9. The van der Waals surface area contributed by atoms with E-state index in [0.29, 0.717) is 25.1 Å². The van der Waals surface area contributed by atoms with Crippen LogP contribution in [-0.4, -0.2) is 38.4 Å². The van der Waals surface area contributed by atoms with Crippen molar-refractivity contribution in [1.82, 2.24) is 9.62 Å². The van der Waals surface area contributed by atoms with Gasteiger partial charge in [-0.05, 0) is 42.5 Å². The van der Waals surface area contributed by atoms with Gasteiger partial charge in [0.2, 0.25) is 15.9 Å². The molecule has 1 heterocycles. The first-order valence-corrected chi connectivity index (χ1v) is 10.7. The molecule has 1 saturated heterocycles. The number of hydrogen-bond donors (Lipinski definition) is 1. The molecule has 2 aromatic carbocycles. The van der Waals surface area contributed by atoms with E-state index in [1.165, 1.54) is 24.3 Å². The number of nitrogens with zero attached hydrogens (tertiary/aromatic N) is 1. The molecule has 1 N–H and O–H groups in total. The number of rotatable bonds is 7. The van der Waals surface area contributed by atoms with Gasteiger partial charge in [-0.2, -0.15) is 0 Å². The van der Waals surface area contributed by atoms with E-state index in [4.69, 9.17) is 0 Å². The lowest BCUT2D eigenvalue weighted by Crippen LogP contribution is -2.49. The lowest BCUT2D eigenvalue weighted by atomic mass is 10.1. The van der Waals surface area contributed by atoms with Gasteiger partial charge in [0.15, 0.2) is 0 Å². The molecule has 0 saturated carbocycles. The molecule has 1 fully saturated rings. The quantitative estimate of drug-likeness (QED) is 0.790. The molecule has 1 atom stereocenters. The van der Waals surface area contributed by atoms with Crippen molar-refractivity contribution in [2.45, 2.75) is 31.1 Å². The highest BCUT2D eigenvalue weighted by atomic mass is 32.2. The van der Waals surface area contributed by atoms with E-state index in [0.717, 1.165) is 18.4 Å². The lowest BCUT2D eigenvalue weighted by Gasteiger charge is -2.24. The Morgan fingerprint density at radius 2 is 1.63 bits per heavy atom. The largest absolute Gasteiger partial charge is 0.341 e. The fourth-order valence-electron chi connectivity index (χ4n) is 3.25. The Labute approximate surface area is 159 Å². The first-order valence-electron chi connectivity index (χ1n) is 9.00. The molecule has 1 aliphatic heterocycles. The van der Waals surface area contributed by atoms with E-state index < -0.39 is 21.9 Å². The van der Waals surface area contributed by atoms with E-state index in [-0.39, 0.29) is 11.7 Å². The lowest BCUT2D eigenvalue weighted by molar-refractivity contribution is -0.131. The highest BCUT2D eigenvalue weighted by Gasteiger charge is 2.30. The summed E-state index contributed by atoms with van der Waals surface area (Å²) in [6, 6.07) is 13.8. The summed E-state index contributed by atoms with van der Waals surface area (Å²) in [5, 5.41) is 0. The number of halogens is 1. The summed E-state index contributed by atoms with van der Waals surface area (Å²) in [4.78, 5) is 14.6. The zero-order chi connectivity index (χ0) is 19.3. The minimum Gasteiger partial charge on any atom is -0.341 e. The van der Waals surface area contributed by atoms with Gasteiger partial charge in [0, 0.05) is 13.1 Å². The van der Waals surface area contributed by atoms with Crippen LogP contribution in [0, 0.1) is 5.82 Å². The Morgan fingerprint density at radius 3 is 2.26 bits per heavy atom. The summed E-state index contributed by atoms with van der Waals surface area (Å²) >= 11 is 0. The van der Waals surface area contributed by atoms with E-state index >= 15 is 0 Å². The first kappa shape index (κ1) is 19.5. The molecule has 0 aliphatic carbocycles. The molecule has 0 aromatic heterocycles. The van der Waals surface area contributed by atoms with Crippen molar-refractivity contribution in [1.29, 1.82) is 0 Å². The second-order valence-corrected chi connectivity index (χ2v) is 8.53. The number of carbonyl (C=O) groups excluding carboxylic acids is 1. The Bertz CT molecular complexity index is 864. The van der Waals surface area contributed by atoms with E-state index in [1.807, 2.05) is 30.3 Å². The molecule has 5 nitrogen and oxygen atoms in total. The molecule has 3 rings (SSSR count). The van der Waals surface area contributed by atoms with Gasteiger partial charge in [-0.25, -0.2) is 17.5 Å². The average Bonchev–Trinajstić information content (AvgIpc) is 3.18. The van der Waals surface area contributed by atoms with Gasteiger partial charge in [0.1, 0.15) is 11.9 Å². The predicted molar refractivity (Wildman–Crippen MR) is 102 cm³/mol. The Morgan fingerprint density at radius 1 is 1.00 bits per heavy atom. The Kier molecular flexibility index (Phi) is 6.23. The summed E-state index contributed by atoms with van der Waals surface area (Å²) in [6.45, 7) is 1.31. The summed E-state index contributed by atoms with van der Waals surface area (Å²) in [5.74, 6) is -0.916. The first-order chi connectivity index (χ1) is 12.9. The highest BCUT2D eigenvalue weighted by molar-refractivity contribution is 7.88. The van der Waals surface area contributed by atoms with Crippen molar-refractivity contribution in [3.8, 4) is 0 Å². The monoisotopic (exact) mass is 390 g/mol. The minimum atomic E-state index is -3.76. The fraction of sp³-hybridized carbons (Fsp3) is 0.350. The van der Waals surface area contributed by atoms with Crippen LogP contribution >= 0.6 is 0 Å². The van der Waals surface area contributed by atoms with Gasteiger partial charge in [-0.1, -0.05) is 42.5 Å². The van der Waals surface area contributed by atoms with Gasteiger partial charge in [0.25, 0.3) is 0 Å². The van der Waals surface area contributed by atoms with Crippen LogP contribution in [0.15, 0.2) is 54.6 Å². The van der Waals surface area contributed by atoms with Crippen LogP contribution in [-0.2, 0) is 27.0 Å². The van der Waals surface area contributed by atoms with Crippen LogP contribution in [0.1, 0.15) is 24.0 Å². The van der Waals surface area contributed by atoms with E-state index in [1.54, 1.807) is 4.90 Å². The number of carbonyl (C=O) groups is 1. The third kappa shape index (κ3) is 5.61. The molecule has 144 valence electrons. The van der Waals surface area contributed by atoms with Crippen LogP contribution in [0.5, 0.6) is 0 Å². The van der Waals surface area contributed by atoms with Gasteiger partial charge in [-0.3, -0.25) is 4.79 Å². The van der Waals surface area contributed by atoms with E-state index in [9.17, 15) is 17.6 Å². The van der Waals surface area contributed by atoms with Crippen molar-refractivity contribution < 1.29 is 17.6 Å². The molecule has 7 heteroatoms. The number of sulfonamides is 1. The number of likely N-dealkylation sites (tertiary alicyclic amines) is 1. The molecule has 1 aliphatic rings. The standard InChI is InChI=1S/C20H23FN2O3S/c21-18-10-8-17(9-11-18)15-27(25,26)22-19(14-16-6-2-1-3-7-16)20(24)23-12-4-5-13-23/h1-3,6-11,19,22H,4-5,12-15H2/t19-/m1/s1. The molecule has 0 radical (unpaired) electrons. The highest BCUT2D eigenvalue weighted by Crippen LogP contribution is 2.14. The number of hydrogen-bond acceptors (Lipinski definition) is 3. The predicted octanol–water partition coefficient (Wildman–Crippen LogP) is 2.48. The van der Waals surface area contributed by atoms with Crippen molar-refractivity contribution in [3.05, 3.63) is 71.5 Å². The second kappa shape index (κ2) is 8.63. The Hall–Kier alpha value is -2.25. The SMILES string of the molecule is O=C([C@@H](Cc1ccccc1)NS(=O)(=O)Cc1ccc(F)cc1)N1CCCC1. The van der Waals surface area contributed by atoms with Crippen molar-refractivity contribution in [2.24, 2.45) is 0 Å². The molecular formula is C20H23FN2O3S. The normalized spacial score (nSPS) is 15.7. The van der Waals surface area contributed by atoms with Crippen LogP contribution in [0.4, 0.5) is 4.39 Å². The second-order valence-electron chi connectivity index (χ2n) is 6.78. The van der Waals surface area contributed by atoms with Crippen molar-refractivity contribution >= 4 is 15.9 Å². The molecule has 0 unspecified atom stereocenters. The minimum absolute atomic E-state index is 0.195. The van der Waals surface area contributed by atoms with Gasteiger partial charge >= 0.3 is 0 Å². The maximum Gasteiger partial charge on any atom is 0.241 e. The van der Waals surface area contributed by atoms with Crippen molar-refractivity contribution in [2.75, 3.05) is 13.1 Å². The van der Waals surface area contributed by atoms with Crippen molar-refractivity contribution in [3.63, 3.8) is 0 Å². The summed E-state index contributed by atoms with van der Waals surface area (Å²) in [7, 11) is -3.76. The molecule has 0 bridgehead atoms. The van der Waals surface area contributed by atoms with Gasteiger partial charge < -0.3 is 4.90 Å². The number of amides is 1. The van der Waals surface area contributed by atoms with E-state index in [2.05, 4.69) is 4.72 Å².